The van der Waals surface area contributed by atoms with E-state index >= 15 is 0 Å². The minimum absolute atomic E-state index is 0.741. The zero-order valence-electron chi connectivity index (χ0n) is 13.8. The van der Waals surface area contributed by atoms with Gasteiger partial charge < -0.3 is 4.74 Å². The molecule has 0 aromatic rings. The predicted molar refractivity (Wildman–Crippen MR) is 86.1 cm³/mol. The molecule has 4 atom stereocenters. The molecule has 2 fully saturated rings. The summed E-state index contributed by atoms with van der Waals surface area (Å²) in [7, 11) is 0. The van der Waals surface area contributed by atoms with Crippen molar-refractivity contribution in [3.63, 3.8) is 0 Å². The second-order valence-corrected chi connectivity index (χ2v) is 7.59. The zero-order valence-corrected chi connectivity index (χ0v) is 13.8. The molecule has 2 heteroatoms. The summed E-state index contributed by atoms with van der Waals surface area (Å²) in [4.78, 5) is 0. The largest absolute Gasteiger partial charge is 0.363 e. The number of allylic oxidation sites excluding steroid dienone is 2. The van der Waals surface area contributed by atoms with Gasteiger partial charge in [-0.15, -0.1) is 0 Å². The van der Waals surface area contributed by atoms with Crippen molar-refractivity contribution in [1.29, 1.82) is 0 Å². The van der Waals surface area contributed by atoms with Crippen molar-refractivity contribution >= 4 is 5.78 Å². The van der Waals surface area contributed by atoms with Gasteiger partial charge >= 0.3 is 5.78 Å². The van der Waals surface area contributed by atoms with Gasteiger partial charge in [-0.25, -0.2) is 0 Å². The van der Waals surface area contributed by atoms with Crippen LogP contribution in [0.2, 0.25) is 0 Å². The number of carbonyl (C=O) groups excluding carboxylic acids is 1. The molecule has 22 heavy (non-hydrogen) atoms. The van der Waals surface area contributed by atoms with Gasteiger partial charge in [0, 0.05) is 13.5 Å². The minimum Gasteiger partial charge on any atom is -0.363 e. The molecule has 0 heterocycles. The van der Waals surface area contributed by atoms with E-state index in [-0.39, 0.29) is 0 Å². The summed E-state index contributed by atoms with van der Waals surface area (Å²) >= 11 is 0. The Kier molecular flexibility index (Phi) is 2.95. The SMILES string of the molecule is CCO[C]1C2=C(C(=[O+]CC)C3=C1[C@@H]1CC[C@H]3C1)[C@@H]1CC[C@H]2C1. The topological polar surface area (TPSA) is 20.5 Å². The number of ketones is 1. The van der Waals surface area contributed by atoms with Gasteiger partial charge in [0.05, 0.1) is 11.1 Å². The molecule has 0 unspecified atom stereocenters. The van der Waals surface area contributed by atoms with Crippen molar-refractivity contribution in [2.24, 2.45) is 23.7 Å². The highest BCUT2D eigenvalue weighted by atomic mass is 16.5. The molecule has 0 aromatic carbocycles. The van der Waals surface area contributed by atoms with Crippen molar-refractivity contribution < 1.29 is 9.16 Å². The summed E-state index contributed by atoms with van der Waals surface area (Å²) in [6.45, 7) is 5.86. The van der Waals surface area contributed by atoms with Crippen molar-refractivity contribution in [3.05, 3.63) is 28.4 Å². The first kappa shape index (κ1) is 13.5. The van der Waals surface area contributed by atoms with E-state index in [1.807, 2.05) is 0 Å². The number of fused-ring (bicyclic) bond motifs is 8. The maximum absolute atomic E-state index is 6.27. The van der Waals surface area contributed by atoms with E-state index in [2.05, 4.69) is 13.8 Å². The van der Waals surface area contributed by atoms with Crippen molar-refractivity contribution in [2.45, 2.75) is 52.4 Å². The van der Waals surface area contributed by atoms with E-state index in [0.29, 0.717) is 0 Å². The Labute approximate surface area is 133 Å². The Morgan fingerprint density at radius 2 is 1.32 bits per heavy atom. The third kappa shape index (κ3) is 1.57. The van der Waals surface area contributed by atoms with E-state index in [0.717, 1.165) is 36.9 Å². The lowest BCUT2D eigenvalue weighted by Gasteiger charge is -2.33. The fraction of sp³-hybridized carbons (Fsp3) is 0.700. The lowest BCUT2D eigenvalue weighted by atomic mass is 9.72. The third-order valence-electron chi connectivity index (χ3n) is 6.63. The Morgan fingerprint density at radius 1 is 0.818 bits per heavy atom. The standard InChI is InChI=1S/C20H26O2/c1-3-21-19-15-11-5-7-13(9-11)17(15)20(22-4-2)18-14-8-6-12(10-14)16(18)19/h11-14H,3-10H2,1-2H3/q+1/t11-,12+,13+,14-. The molecule has 0 spiro atoms. The average molecular weight is 298 g/mol. The third-order valence-corrected chi connectivity index (χ3v) is 6.63. The smallest absolute Gasteiger partial charge is 0.350 e. The number of ether oxygens (including phenoxy) is 1. The summed E-state index contributed by atoms with van der Waals surface area (Å²) < 4.78 is 12.5. The van der Waals surface area contributed by atoms with Crippen LogP contribution in [0.15, 0.2) is 22.3 Å². The number of hydrogen-bond acceptors (Lipinski definition) is 1. The van der Waals surface area contributed by atoms with E-state index in [9.17, 15) is 0 Å². The van der Waals surface area contributed by atoms with Crippen molar-refractivity contribution in [3.8, 4) is 0 Å². The molecule has 5 aliphatic rings. The average Bonchev–Trinajstić information content (AvgIpc) is 3.29. The fourth-order valence-corrected chi connectivity index (χ4v) is 6.01. The molecule has 5 aliphatic carbocycles. The quantitative estimate of drug-likeness (QED) is 0.717. The van der Waals surface area contributed by atoms with Crippen LogP contribution in [0.3, 0.4) is 0 Å². The highest BCUT2D eigenvalue weighted by Crippen LogP contribution is 2.63. The van der Waals surface area contributed by atoms with Crippen LogP contribution < -0.4 is 0 Å². The van der Waals surface area contributed by atoms with Crippen LogP contribution >= 0.6 is 0 Å². The van der Waals surface area contributed by atoms with Crippen molar-refractivity contribution in [1.82, 2.24) is 0 Å². The van der Waals surface area contributed by atoms with Crippen LogP contribution in [0.5, 0.6) is 0 Å². The van der Waals surface area contributed by atoms with Crippen molar-refractivity contribution in [2.75, 3.05) is 13.2 Å². The lowest BCUT2D eigenvalue weighted by molar-refractivity contribution is -0.451. The summed E-state index contributed by atoms with van der Waals surface area (Å²) in [6.07, 6.45) is 9.41. The molecule has 5 rings (SSSR count). The highest BCUT2D eigenvalue weighted by molar-refractivity contribution is 6.13. The molecule has 117 valence electrons. The Bertz CT molecular complexity index is 563. The minimum atomic E-state index is 0.741. The van der Waals surface area contributed by atoms with Gasteiger partial charge in [-0.1, -0.05) is 0 Å². The van der Waals surface area contributed by atoms with Gasteiger partial charge in [0.15, 0.2) is 0 Å². The first-order valence-electron chi connectivity index (χ1n) is 9.32. The maximum atomic E-state index is 6.27. The molecular weight excluding hydrogens is 272 g/mol. The summed E-state index contributed by atoms with van der Waals surface area (Å²) in [6, 6.07) is 0. The van der Waals surface area contributed by atoms with E-state index in [1.54, 1.807) is 22.3 Å². The number of rotatable bonds is 3. The van der Waals surface area contributed by atoms with Crippen LogP contribution in [0.25, 0.3) is 0 Å². The second-order valence-electron chi connectivity index (χ2n) is 7.59. The van der Waals surface area contributed by atoms with Crippen LogP contribution in [0.1, 0.15) is 52.4 Å². The normalized spacial score (nSPS) is 41.1. The molecule has 0 amide bonds. The van der Waals surface area contributed by atoms with Gasteiger partial charge in [0.2, 0.25) is 0 Å². The van der Waals surface area contributed by atoms with E-state index in [1.165, 1.54) is 50.4 Å². The van der Waals surface area contributed by atoms with Gasteiger partial charge in [-0.05, 0) is 80.3 Å². The van der Waals surface area contributed by atoms with E-state index in [4.69, 9.17) is 9.16 Å². The summed E-state index contributed by atoms with van der Waals surface area (Å²) in [5, 5.41) is 0. The Balaban J connectivity index is 1.70. The fourth-order valence-electron chi connectivity index (χ4n) is 6.01. The molecule has 2 saturated carbocycles. The molecule has 0 saturated heterocycles. The predicted octanol–water partition coefficient (Wildman–Crippen LogP) is 4.15. The van der Waals surface area contributed by atoms with Crippen LogP contribution in [-0.4, -0.2) is 19.0 Å². The summed E-state index contributed by atoms with van der Waals surface area (Å²) in [5.74, 6) is 4.26. The highest BCUT2D eigenvalue weighted by Gasteiger charge is 2.58. The summed E-state index contributed by atoms with van der Waals surface area (Å²) in [5.41, 5.74) is 6.25. The lowest BCUT2D eigenvalue weighted by Crippen LogP contribution is -2.31. The second kappa shape index (κ2) is 4.80. The zero-order chi connectivity index (χ0) is 14.8. The molecule has 1 radical (unpaired) electrons. The van der Waals surface area contributed by atoms with Crippen LogP contribution in [-0.2, 0) is 9.16 Å². The molecule has 4 bridgehead atoms. The Morgan fingerprint density at radius 3 is 1.77 bits per heavy atom. The molecule has 0 aliphatic heterocycles. The number of hydrogen-bond donors (Lipinski definition) is 0. The van der Waals surface area contributed by atoms with Gasteiger partial charge in [-0.2, -0.15) is 0 Å². The van der Waals surface area contributed by atoms with Crippen LogP contribution in [0, 0.1) is 29.8 Å². The van der Waals surface area contributed by atoms with Crippen LogP contribution in [0.4, 0.5) is 0 Å². The molecular formula is C20H26O2+. The van der Waals surface area contributed by atoms with Gasteiger partial charge in [0.1, 0.15) is 6.10 Å². The molecule has 2 nitrogen and oxygen atoms in total. The van der Waals surface area contributed by atoms with E-state index < -0.39 is 0 Å². The monoisotopic (exact) mass is 298 g/mol. The molecule has 0 aromatic heterocycles. The van der Waals surface area contributed by atoms with Gasteiger partial charge in [0.25, 0.3) is 6.61 Å². The first-order chi connectivity index (χ1) is 10.8. The first-order valence-corrected chi connectivity index (χ1v) is 9.32. The maximum Gasteiger partial charge on any atom is 0.350 e. The molecule has 0 N–H and O–H groups in total. The Hall–Kier alpha value is -0.890. The van der Waals surface area contributed by atoms with Gasteiger partial charge in [-0.3, -0.25) is 4.42 Å².